The molecule has 2 N–H and O–H groups in total. The molecule has 0 spiro atoms. The van der Waals surface area contributed by atoms with Crippen molar-refractivity contribution >= 4 is 26.8 Å². The van der Waals surface area contributed by atoms with Gasteiger partial charge in [-0.1, -0.05) is 28.9 Å². The van der Waals surface area contributed by atoms with E-state index in [9.17, 15) is 5.11 Å². The largest absolute Gasteiger partial charge is 0.392 e. The standard InChI is InChI=1S/C19H23BrN2O/c1-3-4-22-9-12(10-23)5-15-16-6-13(20)7-17-19(16)14(8-18(15)22)11(2)21-17/h5-7,15,18,21,23H,3-4,8-10H2,1-2H3/t15-,18-/m1/s1. The Labute approximate surface area is 145 Å². The van der Waals surface area contributed by atoms with Crippen molar-refractivity contribution in [2.24, 2.45) is 0 Å². The van der Waals surface area contributed by atoms with Crippen LogP contribution in [0.5, 0.6) is 0 Å². The van der Waals surface area contributed by atoms with E-state index in [4.69, 9.17) is 0 Å². The highest BCUT2D eigenvalue weighted by atomic mass is 79.9. The van der Waals surface area contributed by atoms with E-state index in [2.05, 4.69) is 57.9 Å². The summed E-state index contributed by atoms with van der Waals surface area (Å²) < 4.78 is 1.13. The molecule has 1 aromatic carbocycles. The van der Waals surface area contributed by atoms with Crippen molar-refractivity contribution in [3.63, 3.8) is 0 Å². The molecule has 0 saturated heterocycles. The van der Waals surface area contributed by atoms with Gasteiger partial charge in [-0.15, -0.1) is 0 Å². The fraction of sp³-hybridized carbons (Fsp3) is 0.474. The summed E-state index contributed by atoms with van der Waals surface area (Å²) in [4.78, 5) is 6.13. The second kappa shape index (κ2) is 5.76. The number of aliphatic hydroxyl groups is 1. The molecule has 23 heavy (non-hydrogen) atoms. The highest BCUT2D eigenvalue weighted by Gasteiger charge is 2.37. The van der Waals surface area contributed by atoms with Gasteiger partial charge in [0.15, 0.2) is 0 Å². The molecule has 2 aromatic rings. The second-order valence-corrected chi connectivity index (χ2v) is 7.81. The maximum atomic E-state index is 9.70. The number of fused-ring (bicyclic) bond motifs is 2. The first-order valence-electron chi connectivity index (χ1n) is 8.47. The maximum absolute atomic E-state index is 9.70. The minimum Gasteiger partial charge on any atom is -0.392 e. The first-order chi connectivity index (χ1) is 11.1. The van der Waals surface area contributed by atoms with Crippen molar-refractivity contribution in [2.45, 2.75) is 38.6 Å². The van der Waals surface area contributed by atoms with Crippen LogP contribution in [0.1, 0.15) is 36.1 Å². The van der Waals surface area contributed by atoms with Gasteiger partial charge in [0, 0.05) is 39.6 Å². The van der Waals surface area contributed by atoms with Gasteiger partial charge in [-0.2, -0.15) is 0 Å². The number of benzene rings is 1. The van der Waals surface area contributed by atoms with Crippen molar-refractivity contribution < 1.29 is 5.11 Å². The Morgan fingerprint density at radius 3 is 2.96 bits per heavy atom. The third kappa shape index (κ3) is 2.39. The normalized spacial score (nSPS) is 23.9. The van der Waals surface area contributed by atoms with E-state index in [0.29, 0.717) is 12.0 Å². The van der Waals surface area contributed by atoms with E-state index < -0.39 is 0 Å². The third-order valence-corrected chi connectivity index (χ3v) is 5.86. The van der Waals surface area contributed by atoms with Gasteiger partial charge in [0.25, 0.3) is 0 Å². The van der Waals surface area contributed by atoms with Gasteiger partial charge in [-0.05, 0) is 55.1 Å². The second-order valence-electron chi connectivity index (χ2n) is 6.90. The van der Waals surface area contributed by atoms with Crippen LogP contribution >= 0.6 is 15.9 Å². The molecule has 0 bridgehead atoms. The minimum absolute atomic E-state index is 0.166. The lowest BCUT2D eigenvalue weighted by Gasteiger charge is -2.43. The summed E-state index contributed by atoms with van der Waals surface area (Å²) in [6.07, 6.45) is 4.57. The lowest BCUT2D eigenvalue weighted by atomic mass is 9.76. The van der Waals surface area contributed by atoms with Crippen molar-refractivity contribution in [1.29, 1.82) is 0 Å². The highest BCUT2D eigenvalue weighted by Crippen LogP contribution is 2.44. The van der Waals surface area contributed by atoms with Gasteiger partial charge in [-0.3, -0.25) is 4.90 Å². The summed E-state index contributed by atoms with van der Waals surface area (Å²) in [6.45, 7) is 6.59. The number of aromatic nitrogens is 1. The van der Waals surface area contributed by atoms with E-state index in [1.54, 1.807) is 0 Å². The molecular formula is C19H23BrN2O. The number of nitrogens with one attached hydrogen (secondary N) is 1. The molecular weight excluding hydrogens is 352 g/mol. The highest BCUT2D eigenvalue weighted by molar-refractivity contribution is 9.10. The molecule has 1 aliphatic carbocycles. The number of nitrogens with zero attached hydrogens (tertiary/aromatic N) is 1. The predicted octanol–water partition coefficient (Wildman–Crippen LogP) is 3.89. The van der Waals surface area contributed by atoms with Gasteiger partial charge in [-0.25, -0.2) is 0 Å². The third-order valence-electron chi connectivity index (χ3n) is 5.40. The molecule has 4 heteroatoms. The van der Waals surface area contributed by atoms with Crippen molar-refractivity contribution in [2.75, 3.05) is 19.7 Å². The van der Waals surface area contributed by atoms with Gasteiger partial charge in [0.1, 0.15) is 0 Å². The zero-order chi connectivity index (χ0) is 16.1. The summed E-state index contributed by atoms with van der Waals surface area (Å²) in [7, 11) is 0. The molecule has 0 unspecified atom stereocenters. The average molecular weight is 375 g/mol. The molecule has 0 saturated carbocycles. The molecule has 2 heterocycles. The van der Waals surface area contributed by atoms with E-state index in [1.165, 1.54) is 27.7 Å². The number of aliphatic hydroxyl groups excluding tert-OH is 1. The molecule has 4 rings (SSSR count). The lowest BCUT2D eigenvalue weighted by Crippen LogP contribution is -2.47. The Bertz CT molecular complexity index is 792. The monoisotopic (exact) mass is 374 g/mol. The molecule has 0 radical (unpaired) electrons. The molecule has 1 aromatic heterocycles. The summed E-state index contributed by atoms with van der Waals surface area (Å²) in [5.41, 5.74) is 6.56. The molecule has 1 aliphatic heterocycles. The summed E-state index contributed by atoms with van der Waals surface area (Å²) in [5, 5.41) is 11.1. The molecule has 2 aliphatic rings. The number of rotatable bonds is 3. The van der Waals surface area contributed by atoms with Gasteiger partial charge >= 0.3 is 0 Å². The van der Waals surface area contributed by atoms with Crippen LogP contribution in [-0.4, -0.2) is 40.7 Å². The zero-order valence-corrected chi connectivity index (χ0v) is 15.3. The summed E-state index contributed by atoms with van der Waals surface area (Å²) >= 11 is 3.67. The van der Waals surface area contributed by atoms with E-state index in [1.807, 2.05) is 0 Å². The van der Waals surface area contributed by atoms with Crippen molar-refractivity contribution in [3.05, 3.63) is 45.1 Å². The predicted molar refractivity (Wildman–Crippen MR) is 98.0 cm³/mol. The molecule has 0 fully saturated rings. The van der Waals surface area contributed by atoms with E-state index in [0.717, 1.165) is 36.0 Å². The number of halogens is 1. The van der Waals surface area contributed by atoms with Crippen LogP contribution in [0.4, 0.5) is 0 Å². The Hall–Kier alpha value is -1.10. The first kappa shape index (κ1) is 15.4. The summed E-state index contributed by atoms with van der Waals surface area (Å²) in [6, 6.07) is 4.96. The first-order valence-corrected chi connectivity index (χ1v) is 9.26. The number of hydrogen-bond donors (Lipinski definition) is 2. The van der Waals surface area contributed by atoms with Crippen LogP contribution in [0.3, 0.4) is 0 Å². The van der Waals surface area contributed by atoms with Crippen molar-refractivity contribution in [1.82, 2.24) is 9.88 Å². The van der Waals surface area contributed by atoms with Crippen LogP contribution in [0.15, 0.2) is 28.3 Å². The molecule has 3 nitrogen and oxygen atoms in total. The Morgan fingerprint density at radius 1 is 1.39 bits per heavy atom. The Morgan fingerprint density at radius 2 is 2.22 bits per heavy atom. The maximum Gasteiger partial charge on any atom is 0.0654 e. The molecule has 0 amide bonds. The minimum atomic E-state index is 0.166. The number of hydrogen-bond acceptors (Lipinski definition) is 2. The summed E-state index contributed by atoms with van der Waals surface area (Å²) in [5.74, 6) is 0.375. The molecule has 122 valence electrons. The Kier molecular flexibility index (Phi) is 3.87. The SMILES string of the molecule is CCCN1CC(CO)=C[C@@H]2c3cc(Br)cc4[nH]c(C)c(c34)C[C@H]21. The lowest BCUT2D eigenvalue weighted by molar-refractivity contribution is 0.171. The van der Waals surface area contributed by atoms with Crippen molar-refractivity contribution in [3.8, 4) is 0 Å². The van der Waals surface area contributed by atoms with Crippen LogP contribution < -0.4 is 0 Å². The topological polar surface area (TPSA) is 39.3 Å². The van der Waals surface area contributed by atoms with Crippen LogP contribution in [0, 0.1) is 6.92 Å². The van der Waals surface area contributed by atoms with Crippen LogP contribution in [0.2, 0.25) is 0 Å². The smallest absolute Gasteiger partial charge is 0.0654 e. The Balaban J connectivity index is 1.92. The fourth-order valence-electron chi connectivity index (χ4n) is 4.47. The quantitative estimate of drug-likeness (QED) is 0.799. The number of aromatic amines is 1. The van der Waals surface area contributed by atoms with Crippen LogP contribution in [0.25, 0.3) is 10.9 Å². The van der Waals surface area contributed by atoms with Gasteiger partial charge in [0.05, 0.1) is 6.61 Å². The fourth-order valence-corrected chi connectivity index (χ4v) is 4.94. The van der Waals surface area contributed by atoms with Gasteiger partial charge < -0.3 is 10.1 Å². The average Bonchev–Trinajstić information content (AvgIpc) is 2.84. The molecule has 2 atom stereocenters. The van der Waals surface area contributed by atoms with Gasteiger partial charge in [0.2, 0.25) is 0 Å². The number of aryl methyl sites for hydroxylation is 1. The van der Waals surface area contributed by atoms with E-state index in [-0.39, 0.29) is 6.61 Å². The van der Waals surface area contributed by atoms with E-state index >= 15 is 0 Å². The van der Waals surface area contributed by atoms with Crippen LogP contribution in [-0.2, 0) is 6.42 Å². The zero-order valence-electron chi connectivity index (χ0n) is 13.7. The number of H-pyrrole nitrogens is 1.